The van der Waals surface area contributed by atoms with E-state index in [0.29, 0.717) is 11.9 Å². The van der Waals surface area contributed by atoms with Gasteiger partial charge in [0.05, 0.1) is 11.5 Å². The Kier molecular flexibility index (Phi) is 3.78. The van der Waals surface area contributed by atoms with Crippen LogP contribution in [-0.2, 0) is 17.1 Å². The second kappa shape index (κ2) is 5.96. The Bertz CT molecular complexity index is 946. The molecule has 1 atom stereocenters. The molecule has 0 bridgehead atoms. The molecule has 3 heteroatoms. The first-order valence-corrected chi connectivity index (χ1v) is 10.1. The van der Waals surface area contributed by atoms with Crippen molar-refractivity contribution in [2.24, 2.45) is 0 Å². The van der Waals surface area contributed by atoms with Crippen LogP contribution in [0.4, 0.5) is 0 Å². The van der Waals surface area contributed by atoms with Crippen molar-refractivity contribution >= 4 is 12.7 Å². The highest BCUT2D eigenvalue weighted by Crippen LogP contribution is 2.56. The molecule has 2 nitrogen and oxygen atoms in total. The number of hydrogen-bond donors (Lipinski definition) is 0. The molecule has 0 N–H and O–H groups in total. The van der Waals surface area contributed by atoms with Gasteiger partial charge >= 0.3 is 0 Å². The number of fused-ring (bicyclic) bond motifs is 3. The molecule has 0 spiro atoms. The molecule has 1 aliphatic rings. The predicted octanol–water partition coefficient (Wildman–Crippen LogP) is 5.41. The number of hydrogen-bond acceptors (Lipinski definition) is 2. The van der Waals surface area contributed by atoms with Gasteiger partial charge in [0.1, 0.15) is 5.75 Å². The molecule has 1 unspecified atom stereocenters. The summed E-state index contributed by atoms with van der Waals surface area (Å²) in [6.07, 6.45) is 1.39. The molecule has 0 radical (unpaired) electrons. The van der Waals surface area contributed by atoms with Gasteiger partial charge in [-0.3, -0.25) is 4.57 Å². The first-order valence-electron chi connectivity index (χ1n) is 8.25. The lowest BCUT2D eigenvalue weighted by atomic mass is 10.0. The van der Waals surface area contributed by atoms with Gasteiger partial charge in [-0.05, 0) is 35.2 Å². The van der Waals surface area contributed by atoms with Gasteiger partial charge in [0.15, 0.2) is 0 Å². The van der Waals surface area contributed by atoms with E-state index in [1.165, 1.54) is 5.56 Å². The van der Waals surface area contributed by atoms with Gasteiger partial charge in [0, 0.05) is 5.56 Å². The summed E-state index contributed by atoms with van der Waals surface area (Å²) < 4.78 is 19.8. The second-order valence-corrected chi connectivity index (χ2v) is 8.44. The molecule has 3 aromatic carbocycles. The molecule has 1 heterocycles. The summed E-state index contributed by atoms with van der Waals surface area (Å²) in [6.45, 7) is 2.13. The standard InChI is InChI=1S/C21H19O2P/c1-2-16-8-7-9-17(14-16)15-24(22)21-13-6-4-11-19(21)18-10-3-5-12-20(18)23-24/h3-14H,2,15H2,1H3. The maximum Gasteiger partial charge on any atom is 0.282 e. The molecule has 0 aliphatic carbocycles. The zero-order chi connectivity index (χ0) is 16.6. The van der Waals surface area contributed by atoms with Crippen LogP contribution in [0, 0.1) is 0 Å². The average Bonchev–Trinajstić information content (AvgIpc) is 2.62. The van der Waals surface area contributed by atoms with Gasteiger partial charge in [-0.15, -0.1) is 0 Å². The maximum atomic E-state index is 13.8. The van der Waals surface area contributed by atoms with Crippen LogP contribution in [0.1, 0.15) is 18.1 Å². The van der Waals surface area contributed by atoms with E-state index < -0.39 is 7.37 Å². The van der Waals surface area contributed by atoms with Crippen molar-refractivity contribution in [2.75, 3.05) is 0 Å². The summed E-state index contributed by atoms with van der Waals surface area (Å²) in [4.78, 5) is 0. The lowest BCUT2D eigenvalue weighted by molar-refractivity contribution is 0.490. The first kappa shape index (κ1) is 15.2. The Morgan fingerprint density at radius 3 is 2.38 bits per heavy atom. The monoisotopic (exact) mass is 334 g/mol. The number of aryl methyl sites for hydroxylation is 1. The van der Waals surface area contributed by atoms with Crippen LogP contribution in [0.3, 0.4) is 0 Å². The molecule has 24 heavy (non-hydrogen) atoms. The van der Waals surface area contributed by atoms with Crippen LogP contribution < -0.4 is 9.83 Å². The molecule has 0 saturated carbocycles. The fourth-order valence-electron chi connectivity index (χ4n) is 3.28. The highest BCUT2D eigenvalue weighted by atomic mass is 31.2. The van der Waals surface area contributed by atoms with E-state index >= 15 is 0 Å². The van der Waals surface area contributed by atoms with E-state index in [4.69, 9.17) is 4.52 Å². The summed E-state index contributed by atoms with van der Waals surface area (Å²) in [7, 11) is -2.99. The molecule has 0 fully saturated rings. The minimum Gasteiger partial charge on any atom is -0.439 e. The summed E-state index contributed by atoms with van der Waals surface area (Å²) >= 11 is 0. The highest BCUT2D eigenvalue weighted by molar-refractivity contribution is 7.67. The third-order valence-corrected chi connectivity index (χ3v) is 6.88. The van der Waals surface area contributed by atoms with E-state index in [1.54, 1.807) is 0 Å². The van der Waals surface area contributed by atoms with Crippen molar-refractivity contribution in [3.8, 4) is 16.9 Å². The Labute approximate surface area is 142 Å². The lowest BCUT2D eigenvalue weighted by Gasteiger charge is -2.28. The van der Waals surface area contributed by atoms with Gasteiger partial charge < -0.3 is 4.52 Å². The van der Waals surface area contributed by atoms with E-state index in [-0.39, 0.29) is 0 Å². The molecule has 0 amide bonds. The van der Waals surface area contributed by atoms with Gasteiger partial charge in [0.2, 0.25) is 0 Å². The Morgan fingerprint density at radius 2 is 1.54 bits per heavy atom. The fraction of sp³-hybridized carbons (Fsp3) is 0.143. The van der Waals surface area contributed by atoms with Crippen molar-refractivity contribution < 1.29 is 9.09 Å². The minimum absolute atomic E-state index is 0.423. The topological polar surface area (TPSA) is 26.3 Å². The van der Waals surface area contributed by atoms with E-state index in [9.17, 15) is 4.57 Å². The van der Waals surface area contributed by atoms with Crippen LogP contribution in [0.15, 0.2) is 72.8 Å². The smallest absolute Gasteiger partial charge is 0.282 e. The zero-order valence-corrected chi connectivity index (χ0v) is 14.5. The van der Waals surface area contributed by atoms with E-state index in [1.807, 2.05) is 60.7 Å². The molecule has 3 aromatic rings. The minimum atomic E-state index is -2.99. The highest BCUT2D eigenvalue weighted by Gasteiger charge is 2.35. The molecule has 4 rings (SSSR count). The van der Waals surface area contributed by atoms with Crippen molar-refractivity contribution in [1.29, 1.82) is 0 Å². The Hall–Kier alpha value is -2.31. The van der Waals surface area contributed by atoms with Gasteiger partial charge in [-0.2, -0.15) is 0 Å². The Balaban J connectivity index is 1.82. The van der Waals surface area contributed by atoms with Crippen molar-refractivity contribution in [3.63, 3.8) is 0 Å². The first-order chi connectivity index (χ1) is 11.7. The molecule has 0 saturated heterocycles. The molecule has 0 aromatic heterocycles. The third kappa shape index (κ3) is 2.57. The SMILES string of the molecule is CCc1cccc(CP2(=O)Oc3ccccc3-c3ccccc32)c1. The van der Waals surface area contributed by atoms with Crippen LogP contribution in [-0.4, -0.2) is 0 Å². The summed E-state index contributed by atoms with van der Waals surface area (Å²) in [5.74, 6) is 0.714. The second-order valence-electron chi connectivity index (χ2n) is 6.11. The normalized spacial score (nSPS) is 18.4. The number of para-hydroxylation sites is 1. The predicted molar refractivity (Wildman–Crippen MR) is 99.3 cm³/mol. The van der Waals surface area contributed by atoms with E-state index in [0.717, 1.165) is 28.4 Å². The lowest BCUT2D eigenvalue weighted by Crippen LogP contribution is -2.18. The summed E-state index contributed by atoms with van der Waals surface area (Å²) in [6, 6.07) is 24.0. The van der Waals surface area contributed by atoms with Crippen molar-refractivity contribution in [2.45, 2.75) is 19.5 Å². The van der Waals surface area contributed by atoms with Crippen LogP contribution in [0.2, 0.25) is 0 Å². The number of rotatable bonds is 3. The quantitative estimate of drug-likeness (QED) is 0.599. The van der Waals surface area contributed by atoms with Gasteiger partial charge in [-0.1, -0.05) is 67.6 Å². The third-order valence-electron chi connectivity index (χ3n) is 4.48. The van der Waals surface area contributed by atoms with Gasteiger partial charge in [-0.25, -0.2) is 0 Å². The summed E-state index contributed by atoms with van der Waals surface area (Å²) in [5.41, 5.74) is 4.35. The average molecular weight is 334 g/mol. The van der Waals surface area contributed by atoms with Crippen LogP contribution in [0.5, 0.6) is 5.75 Å². The van der Waals surface area contributed by atoms with Crippen LogP contribution in [0.25, 0.3) is 11.1 Å². The maximum absolute atomic E-state index is 13.8. The molecule has 120 valence electrons. The Morgan fingerprint density at radius 1 is 0.833 bits per heavy atom. The molecule has 1 aliphatic heterocycles. The molecular formula is C21H19O2P. The van der Waals surface area contributed by atoms with Crippen molar-refractivity contribution in [3.05, 3.63) is 83.9 Å². The van der Waals surface area contributed by atoms with E-state index in [2.05, 4.69) is 19.1 Å². The summed E-state index contributed by atoms with van der Waals surface area (Å²) in [5, 5.41) is 0.825. The van der Waals surface area contributed by atoms with Gasteiger partial charge in [0.25, 0.3) is 7.37 Å². The largest absolute Gasteiger partial charge is 0.439 e. The van der Waals surface area contributed by atoms with Crippen molar-refractivity contribution in [1.82, 2.24) is 0 Å². The van der Waals surface area contributed by atoms with Crippen LogP contribution >= 0.6 is 7.37 Å². The zero-order valence-electron chi connectivity index (χ0n) is 13.6. The fourth-order valence-corrected chi connectivity index (χ4v) is 5.64. The molecular weight excluding hydrogens is 315 g/mol. The number of benzene rings is 3.